The lowest BCUT2D eigenvalue weighted by Gasteiger charge is -2.21. The van der Waals surface area contributed by atoms with Crippen molar-refractivity contribution in [1.29, 1.82) is 0 Å². The number of nitrogens with zero attached hydrogens (tertiary/aromatic N) is 2. The van der Waals surface area contributed by atoms with Crippen molar-refractivity contribution in [2.24, 2.45) is 0 Å². The van der Waals surface area contributed by atoms with Gasteiger partial charge >= 0.3 is 5.97 Å². The molecule has 120 valence electrons. The third-order valence-electron chi connectivity index (χ3n) is 3.52. The average Bonchev–Trinajstić information content (AvgIpc) is 2.56. The Morgan fingerprint density at radius 2 is 2.04 bits per heavy atom. The molecule has 1 amide bonds. The van der Waals surface area contributed by atoms with Gasteiger partial charge in [0.2, 0.25) is 6.41 Å². The summed E-state index contributed by atoms with van der Waals surface area (Å²) in [5.74, 6) is -0.717. The summed E-state index contributed by atoms with van der Waals surface area (Å²) in [6.45, 7) is 4.09. The Kier molecular flexibility index (Phi) is 4.95. The van der Waals surface area contributed by atoms with Crippen LogP contribution in [0.1, 0.15) is 35.8 Å². The maximum atomic E-state index is 11.6. The van der Waals surface area contributed by atoms with Gasteiger partial charge in [0, 0.05) is 12.7 Å². The zero-order chi connectivity index (χ0) is 17.0. The fourth-order valence-electron chi connectivity index (χ4n) is 2.22. The molecule has 0 aliphatic carbocycles. The van der Waals surface area contributed by atoms with E-state index in [2.05, 4.69) is 10.3 Å². The van der Waals surface area contributed by atoms with E-state index >= 15 is 0 Å². The lowest BCUT2D eigenvalue weighted by Crippen LogP contribution is -2.16. The number of hydrogen-bond acceptors (Lipinski definition) is 4. The minimum atomic E-state index is -1.02. The molecule has 0 saturated carbocycles. The monoisotopic (exact) mass is 313 g/mol. The lowest BCUT2D eigenvalue weighted by atomic mass is 10.1. The van der Waals surface area contributed by atoms with Crippen molar-refractivity contribution < 1.29 is 14.7 Å². The Balaban J connectivity index is 2.44. The maximum Gasteiger partial charge on any atom is 0.335 e. The Morgan fingerprint density at radius 3 is 2.52 bits per heavy atom. The van der Waals surface area contributed by atoms with Gasteiger partial charge in [-0.1, -0.05) is 13.8 Å². The van der Waals surface area contributed by atoms with E-state index in [4.69, 9.17) is 5.11 Å². The van der Waals surface area contributed by atoms with Gasteiger partial charge < -0.3 is 10.4 Å². The molecule has 1 aromatic carbocycles. The van der Waals surface area contributed by atoms with Gasteiger partial charge in [-0.25, -0.2) is 4.79 Å². The smallest absolute Gasteiger partial charge is 0.335 e. The van der Waals surface area contributed by atoms with Crippen LogP contribution >= 0.6 is 0 Å². The van der Waals surface area contributed by atoms with E-state index in [1.165, 1.54) is 17.0 Å². The summed E-state index contributed by atoms with van der Waals surface area (Å²) in [6, 6.07) is 8.25. The molecule has 0 fully saturated rings. The number of anilines is 3. The predicted molar refractivity (Wildman–Crippen MR) is 89.5 cm³/mol. The predicted octanol–water partition coefficient (Wildman–Crippen LogP) is 3.24. The maximum absolute atomic E-state index is 11.6. The number of carboxylic acids is 1. The van der Waals surface area contributed by atoms with E-state index in [1.54, 1.807) is 19.3 Å². The van der Waals surface area contributed by atoms with Crippen molar-refractivity contribution in [2.45, 2.75) is 19.8 Å². The van der Waals surface area contributed by atoms with Crippen molar-refractivity contribution >= 4 is 29.4 Å². The van der Waals surface area contributed by atoms with Crippen LogP contribution in [0.15, 0.2) is 36.5 Å². The van der Waals surface area contributed by atoms with E-state index in [-0.39, 0.29) is 5.56 Å². The van der Waals surface area contributed by atoms with Gasteiger partial charge in [0.05, 0.1) is 28.8 Å². The molecular formula is C17H19N3O3. The molecule has 23 heavy (non-hydrogen) atoms. The zero-order valence-electron chi connectivity index (χ0n) is 13.3. The van der Waals surface area contributed by atoms with Gasteiger partial charge in [-0.15, -0.1) is 0 Å². The second-order valence-electron chi connectivity index (χ2n) is 5.36. The number of carbonyl (C=O) groups excluding carboxylic acids is 1. The molecule has 0 unspecified atom stereocenters. The van der Waals surface area contributed by atoms with Crippen molar-refractivity contribution in [3.8, 4) is 0 Å². The highest BCUT2D eigenvalue weighted by molar-refractivity contribution is 5.95. The molecule has 0 spiro atoms. The SMILES string of the molecule is CNc1cc(C(=O)O)ccc1N(C=O)c1ccc(C(C)C)nc1. The van der Waals surface area contributed by atoms with E-state index in [0.717, 1.165) is 5.69 Å². The second-order valence-corrected chi connectivity index (χ2v) is 5.36. The number of carboxylic acid groups (broad SMARTS) is 1. The summed E-state index contributed by atoms with van der Waals surface area (Å²) in [7, 11) is 1.67. The molecule has 6 heteroatoms. The van der Waals surface area contributed by atoms with Crippen LogP contribution < -0.4 is 10.2 Å². The minimum absolute atomic E-state index is 0.150. The van der Waals surface area contributed by atoms with Crippen LogP contribution in [0.25, 0.3) is 0 Å². The summed E-state index contributed by atoms with van der Waals surface area (Å²) < 4.78 is 0. The summed E-state index contributed by atoms with van der Waals surface area (Å²) >= 11 is 0. The van der Waals surface area contributed by atoms with Gasteiger partial charge in [0.15, 0.2) is 0 Å². The van der Waals surface area contributed by atoms with Crippen LogP contribution in [-0.2, 0) is 4.79 Å². The molecule has 0 atom stereocenters. The molecule has 2 aromatic rings. The van der Waals surface area contributed by atoms with Crippen LogP contribution in [0.2, 0.25) is 0 Å². The fourth-order valence-corrected chi connectivity index (χ4v) is 2.22. The van der Waals surface area contributed by atoms with E-state index in [0.29, 0.717) is 29.4 Å². The molecule has 0 radical (unpaired) electrons. The van der Waals surface area contributed by atoms with Crippen molar-refractivity contribution in [1.82, 2.24) is 4.98 Å². The zero-order valence-corrected chi connectivity index (χ0v) is 13.3. The molecule has 0 bridgehead atoms. The molecular weight excluding hydrogens is 294 g/mol. The van der Waals surface area contributed by atoms with Gasteiger partial charge in [-0.05, 0) is 36.2 Å². The van der Waals surface area contributed by atoms with Crippen LogP contribution in [-0.4, -0.2) is 29.5 Å². The molecule has 6 nitrogen and oxygen atoms in total. The molecule has 1 aromatic heterocycles. The first-order chi connectivity index (χ1) is 11.0. The third-order valence-corrected chi connectivity index (χ3v) is 3.52. The summed E-state index contributed by atoms with van der Waals surface area (Å²) in [5.41, 5.74) is 2.81. The van der Waals surface area contributed by atoms with E-state index in [1.807, 2.05) is 26.0 Å². The van der Waals surface area contributed by atoms with Gasteiger partial charge in [0.1, 0.15) is 0 Å². The number of nitrogens with one attached hydrogen (secondary N) is 1. The van der Waals surface area contributed by atoms with Crippen LogP contribution in [0.3, 0.4) is 0 Å². The number of pyridine rings is 1. The summed E-state index contributed by atoms with van der Waals surface area (Å²) in [6.07, 6.45) is 2.32. The lowest BCUT2D eigenvalue weighted by molar-refractivity contribution is -0.106. The second kappa shape index (κ2) is 6.91. The Morgan fingerprint density at radius 1 is 1.30 bits per heavy atom. The number of hydrogen-bond donors (Lipinski definition) is 2. The highest BCUT2D eigenvalue weighted by atomic mass is 16.4. The normalized spacial score (nSPS) is 10.4. The molecule has 0 aliphatic rings. The number of carbonyl (C=O) groups is 2. The molecule has 2 N–H and O–H groups in total. The van der Waals surface area contributed by atoms with E-state index in [9.17, 15) is 9.59 Å². The standard InChI is InChI=1S/C17H19N3O3/c1-11(2)14-6-5-13(9-19-14)20(10-21)16-7-4-12(17(22)23)8-15(16)18-3/h4-11,18H,1-3H3,(H,22,23). The van der Waals surface area contributed by atoms with Gasteiger partial charge in [-0.2, -0.15) is 0 Å². The number of aromatic carboxylic acids is 1. The van der Waals surface area contributed by atoms with Gasteiger partial charge in [-0.3, -0.25) is 14.7 Å². The highest BCUT2D eigenvalue weighted by Gasteiger charge is 2.15. The van der Waals surface area contributed by atoms with E-state index < -0.39 is 5.97 Å². The first kappa shape index (κ1) is 16.5. The van der Waals surface area contributed by atoms with Crippen LogP contribution in [0, 0.1) is 0 Å². The van der Waals surface area contributed by atoms with Crippen molar-refractivity contribution in [3.63, 3.8) is 0 Å². The molecule has 1 heterocycles. The number of rotatable bonds is 6. The summed E-state index contributed by atoms with van der Waals surface area (Å²) in [4.78, 5) is 28.4. The first-order valence-corrected chi connectivity index (χ1v) is 7.23. The average molecular weight is 313 g/mol. The molecule has 0 aliphatic heterocycles. The Labute approximate surface area is 134 Å². The third kappa shape index (κ3) is 3.48. The first-order valence-electron chi connectivity index (χ1n) is 7.23. The Hall–Kier alpha value is -2.89. The minimum Gasteiger partial charge on any atom is -0.478 e. The largest absolute Gasteiger partial charge is 0.478 e. The Bertz CT molecular complexity index is 712. The van der Waals surface area contributed by atoms with Crippen LogP contribution in [0.4, 0.5) is 17.1 Å². The molecule has 0 saturated heterocycles. The topological polar surface area (TPSA) is 82.5 Å². The number of amides is 1. The summed E-state index contributed by atoms with van der Waals surface area (Å²) in [5, 5.41) is 12.0. The highest BCUT2D eigenvalue weighted by Crippen LogP contribution is 2.31. The number of aromatic nitrogens is 1. The quantitative estimate of drug-likeness (QED) is 0.800. The van der Waals surface area contributed by atoms with Crippen molar-refractivity contribution in [3.05, 3.63) is 47.8 Å². The van der Waals surface area contributed by atoms with Crippen molar-refractivity contribution in [2.75, 3.05) is 17.3 Å². The molecule has 2 rings (SSSR count). The van der Waals surface area contributed by atoms with Crippen LogP contribution in [0.5, 0.6) is 0 Å². The van der Waals surface area contributed by atoms with Gasteiger partial charge in [0.25, 0.3) is 0 Å². The fraction of sp³-hybridized carbons (Fsp3) is 0.235. The number of benzene rings is 1.